The summed E-state index contributed by atoms with van der Waals surface area (Å²) >= 11 is 0. The van der Waals surface area contributed by atoms with Crippen molar-refractivity contribution in [1.29, 1.82) is 0 Å². The molecule has 0 aliphatic rings. The fourth-order valence-corrected chi connectivity index (χ4v) is 1.78. The SMILES string of the molecule is O=C(O)CCCC(=O)N[C@H](CC(=O)O)c1ccccc1. The zero-order valence-corrected chi connectivity index (χ0v) is 10.9. The van der Waals surface area contributed by atoms with Crippen LogP contribution >= 0.6 is 0 Å². The van der Waals surface area contributed by atoms with Crippen molar-refractivity contribution in [2.75, 3.05) is 0 Å². The first-order chi connectivity index (χ1) is 9.49. The van der Waals surface area contributed by atoms with Gasteiger partial charge in [0, 0.05) is 12.8 Å². The number of aliphatic carboxylic acids is 2. The van der Waals surface area contributed by atoms with E-state index in [9.17, 15) is 14.4 Å². The predicted molar refractivity (Wildman–Crippen MR) is 71.1 cm³/mol. The summed E-state index contributed by atoms with van der Waals surface area (Å²) in [5.74, 6) is -2.31. The molecule has 0 aliphatic carbocycles. The molecule has 0 saturated carbocycles. The van der Waals surface area contributed by atoms with Crippen molar-refractivity contribution >= 4 is 17.8 Å². The topological polar surface area (TPSA) is 104 Å². The minimum absolute atomic E-state index is 0.0647. The maximum Gasteiger partial charge on any atom is 0.305 e. The van der Waals surface area contributed by atoms with Crippen LogP contribution in [0.1, 0.15) is 37.3 Å². The van der Waals surface area contributed by atoms with Crippen LogP contribution in [-0.2, 0) is 14.4 Å². The van der Waals surface area contributed by atoms with Crippen LogP contribution in [0.3, 0.4) is 0 Å². The van der Waals surface area contributed by atoms with Crippen molar-refractivity contribution in [2.24, 2.45) is 0 Å². The number of hydrogen-bond donors (Lipinski definition) is 3. The molecule has 0 radical (unpaired) electrons. The smallest absolute Gasteiger partial charge is 0.305 e. The normalized spacial score (nSPS) is 11.6. The third-order valence-electron chi connectivity index (χ3n) is 2.71. The molecule has 0 heterocycles. The Labute approximate surface area is 116 Å². The van der Waals surface area contributed by atoms with Crippen molar-refractivity contribution in [1.82, 2.24) is 5.32 Å². The fourth-order valence-electron chi connectivity index (χ4n) is 1.78. The molecular weight excluding hydrogens is 262 g/mol. The van der Waals surface area contributed by atoms with Gasteiger partial charge >= 0.3 is 11.9 Å². The van der Waals surface area contributed by atoms with Crippen LogP contribution in [0, 0.1) is 0 Å². The lowest BCUT2D eigenvalue weighted by Crippen LogP contribution is -2.30. The van der Waals surface area contributed by atoms with Crippen molar-refractivity contribution < 1.29 is 24.6 Å². The van der Waals surface area contributed by atoms with E-state index in [1.807, 2.05) is 0 Å². The van der Waals surface area contributed by atoms with Crippen molar-refractivity contribution in [3.63, 3.8) is 0 Å². The van der Waals surface area contributed by atoms with Crippen LogP contribution in [0.5, 0.6) is 0 Å². The average Bonchev–Trinajstić information content (AvgIpc) is 2.38. The molecule has 20 heavy (non-hydrogen) atoms. The van der Waals surface area contributed by atoms with Gasteiger partial charge in [0.15, 0.2) is 0 Å². The Bertz CT molecular complexity index is 472. The zero-order chi connectivity index (χ0) is 15.0. The number of benzene rings is 1. The summed E-state index contributed by atoms with van der Waals surface area (Å²) in [5.41, 5.74) is 0.710. The Morgan fingerprint density at radius 3 is 2.20 bits per heavy atom. The highest BCUT2D eigenvalue weighted by Gasteiger charge is 2.17. The van der Waals surface area contributed by atoms with Gasteiger partial charge in [0.05, 0.1) is 12.5 Å². The van der Waals surface area contributed by atoms with E-state index in [1.165, 1.54) is 0 Å². The Balaban J connectivity index is 2.59. The summed E-state index contributed by atoms with van der Waals surface area (Å²) in [5, 5.41) is 20.0. The molecule has 1 amide bonds. The molecule has 1 aromatic carbocycles. The monoisotopic (exact) mass is 279 g/mol. The highest BCUT2D eigenvalue weighted by Crippen LogP contribution is 2.16. The minimum atomic E-state index is -1.01. The molecule has 1 rings (SSSR count). The molecule has 108 valence electrons. The van der Waals surface area contributed by atoms with Crippen LogP contribution in [0.15, 0.2) is 30.3 Å². The molecule has 0 aromatic heterocycles. The number of carbonyl (C=O) groups excluding carboxylic acids is 1. The third kappa shape index (κ3) is 5.99. The first kappa shape index (κ1) is 15.7. The molecule has 0 bridgehead atoms. The largest absolute Gasteiger partial charge is 0.481 e. The second-order valence-electron chi connectivity index (χ2n) is 4.38. The minimum Gasteiger partial charge on any atom is -0.481 e. The predicted octanol–water partition coefficient (Wildman–Crippen LogP) is 1.57. The van der Waals surface area contributed by atoms with Crippen molar-refractivity contribution in [3.05, 3.63) is 35.9 Å². The van der Waals surface area contributed by atoms with E-state index in [-0.39, 0.29) is 31.6 Å². The zero-order valence-electron chi connectivity index (χ0n) is 10.9. The number of hydrogen-bond acceptors (Lipinski definition) is 3. The summed E-state index contributed by atoms with van der Waals surface area (Å²) in [6.45, 7) is 0. The van der Waals surface area contributed by atoms with E-state index in [0.29, 0.717) is 5.56 Å². The van der Waals surface area contributed by atoms with Gasteiger partial charge in [0.1, 0.15) is 0 Å². The molecular formula is C14H17NO5. The fraction of sp³-hybridized carbons (Fsp3) is 0.357. The van der Waals surface area contributed by atoms with Gasteiger partial charge < -0.3 is 15.5 Å². The number of carboxylic acids is 2. The lowest BCUT2D eigenvalue weighted by atomic mass is 10.0. The van der Waals surface area contributed by atoms with Gasteiger partial charge in [0.2, 0.25) is 5.91 Å². The molecule has 0 fully saturated rings. The molecule has 1 atom stereocenters. The van der Waals surface area contributed by atoms with E-state index in [4.69, 9.17) is 10.2 Å². The van der Waals surface area contributed by atoms with Crippen molar-refractivity contribution in [2.45, 2.75) is 31.7 Å². The number of rotatable bonds is 8. The van der Waals surface area contributed by atoms with Crippen LogP contribution in [0.4, 0.5) is 0 Å². The first-order valence-electron chi connectivity index (χ1n) is 6.27. The Kier molecular flexibility index (Phi) is 6.22. The third-order valence-corrected chi connectivity index (χ3v) is 2.71. The van der Waals surface area contributed by atoms with E-state index >= 15 is 0 Å². The van der Waals surface area contributed by atoms with Gasteiger partial charge in [-0.05, 0) is 12.0 Å². The van der Waals surface area contributed by atoms with Gasteiger partial charge in [-0.25, -0.2) is 0 Å². The Hall–Kier alpha value is -2.37. The Morgan fingerprint density at radius 2 is 1.65 bits per heavy atom. The van der Waals surface area contributed by atoms with Crippen LogP contribution < -0.4 is 5.32 Å². The second-order valence-corrected chi connectivity index (χ2v) is 4.38. The lowest BCUT2D eigenvalue weighted by Gasteiger charge is -2.17. The molecule has 0 spiro atoms. The quantitative estimate of drug-likeness (QED) is 0.670. The second kappa shape index (κ2) is 7.93. The standard InChI is InChI=1S/C14H17NO5/c16-12(7-4-8-13(17)18)15-11(9-14(19)20)10-5-2-1-3-6-10/h1-3,5-6,11H,4,7-9H2,(H,15,16)(H,17,18)(H,19,20)/t11-/m1/s1. The summed E-state index contributed by atoms with van der Waals surface area (Å²) in [6, 6.07) is 8.21. The van der Waals surface area contributed by atoms with Crippen molar-refractivity contribution in [3.8, 4) is 0 Å². The summed E-state index contributed by atoms with van der Waals surface area (Å²) in [6.07, 6.45) is 0.00202. The van der Waals surface area contributed by atoms with E-state index in [0.717, 1.165) is 0 Å². The van der Waals surface area contributed by atoms with Gasteiger partial charge in [-0.2, -0.15) is 0 Å². The molecule has 3 N–H and O–H groups in total. The summed E-state index contributed by atoms with van der Waals surface area (Å²) < 4.78 is 0. The van der Waals surface area contributed by atoms with Gasteiger partial charge in [0.25, 0.3) is 0 Å². The van der Waals surface area contributed by atoms with E-state index in [1.54, 1.807) is 30.3 Å². The molecule has 0 saturated heterocycles. The molecule has 6 nitrogen and oxygen atoms in total. The number of nitrogens with one attached hydrogen (secondary N) is 1. The number of carboxylic acid groups (broad SMARTS) is 2. The van der Waals surface area contributed by atoms with E-state index < -0.39 is 18.0 Å². The number of carbonyl (C=O) groups is 3. The maximum absolute atomic E-state index is 11.7. The van der Waals surface area contributed by atoms with Crippen LogP contribution in [-0.4, -0.2) is 28.1 Å². The average molecular weight is 279 g/mol. The van der Waals surface area contributed by atoms with E-state index in [2.05, 4.69) is 5.32 Å². The number of amides is 1. The maximum atomic E-state index is 11.7. The first-order valence-corrected chi connectivity index (χ1v) is 6.27. The summed E-state index contributed by atoms with van der Waals surface area (Å²) in [4.78, 5) is 32.9. The molecule has 0 unspecified atom stereocenters. The Morgan fingerprint density at radius 1 is 1.00 bits per heavy atom. The lowest BCUT2D eigenvalue weighted by molar-refractivity contribution is -0.138. The molecule has 1 aromatic rings. The molecule has 6 heteroatoms. The van der Waals surface area contributed by atoms with Crippen LogP contribution in [0.2, 0.25) is 0 Å². The highest BCUT2D eigenvalue weighted by molar-refractivity contribution is 5.78. The van der Waals surface area contributed by atoms with Gasteiger partial charge in [-0.1, -0.05) is 30.3 Å². The van der Waals surface area contributed by atoms with Gasteiger partial charge in [-0.3, -0.25) is 14.4 Å². The summed E-state index contributed by atoms with van der Waals surface area (Å²) in [7, 11) is 0. The molecule has 0 aliphatic heterocycles. The van der Waals surface area contributed by atoms with Gasteiger partial charge in [-0.15, -0.1) is 0 Å². The highest BCUT2D eigenvalue weighted by atomic mass is 16.4. The van der Waals surface area contributed by atoms with Crippen LogP contribution in [0.25, 0.3) is 0 Å².